The van der Waals surface area contributed by atoms with Gasteiger partial charge in [-0.3, -0.25) is 14.5 Å². The number of carbonyl (C=O) groups excluding carboxylic acids is 1. The fourth-order valence-corrected chi connectivity index (χ4v) is 4.11. The molecule has 0 atom stereocenters. The first-order chi connectivity index (χ1) is 13.9. The number of nitrogens with zero attached hydrogens (tertiary/aromatic N) is 3. The maximum Gasteiger partial charge on any atom is 0.306 e. The number of carbonyl (C=O) groups is 2. The van der Waals surface area contributed by atoms with E-state index in [-0.39, 0.29) is 30.3 Å². The molecular weight excluding hydrogens is 406 g/mol. The number of benzene rings is 1. The van der Waals surface area contributed by atoms with E-state index in [1.54, 1.807) is 4.90 Å². The summed E-state index contributed by atoms with van der Waals surface area (Å²) in [5.74, 6) is -0.873. The molecule has 2 N–H and O–H groups in total. The van der Waals surface area contributed by atoms with Gasteiger partial charge in [-0.2, -0.15) is 0 Å². The van der Waals surface area contributed by atoms with E-state index in [1.165, 1.54) is 0 Å². The third-order valence-electron chi connectivity index (χ3n) is 6.20. The standard InChI is InChI=1S/C22H33N3O4.ClH/c1-23(14-15-24-12-8-20(26)9-13-24)21(27)18-4-2-17(3-5-18)16-25-10-6-19(7-11-25)22(28)29;/h2-5,19-20,26H,6-16H2,1H3,(H,28,29);1H. The van der Waals surface area contributed by atoms with Crippen LogP contribution in [0.15, 0.2) is 24.3 Å². The lowest BCUT2D eigenvalue weighted by molar-refractivity contribution is -0.143. The van der Waals surface area contributed by atoms with Crippen LogP contribution in [0.2, 0.25) is 0 Å². The summed E-state index contributed by atoms with van der Waals surface area (Å²) < 4.78 is 0. The van der Waals surface area contributed by atoms with E-state index in [2.05, 4.69) is 9.80 Å². The van der Waals surface area contributed by atoms with Gasteiger partial charge in [-0.25, -0.2) is 0 Å². The van der Waals surface area contributed by atoms with Gasteiger partial charge in [0.2, 0.25) is 0 Å². The topological polar surface area (TPSA) is 84.3 Å². The van der Waals surface area contributed by atoms with Crippen molar-refractivity contribution in [3.63, 3.8) is 0 Å². The fourth-order valence-electron chi connectivity index (χ4n) is 4.11. The highest BCUT2D eigenvalue weighted by Gasteiger charge is 2.24. The van der Waals surface area contributed by atoms with Gasteiger partial charge in [-0.1, -0.05) is 12.1 Å². The molecule has 1 aromatic rings. The molecule has 2 aliphatic rings. The third-order valence-corrected chi connectivity index (χ3v) is 6.20. The van der Waals surface area contributed by atoms with Crippen LogP contribution in [0.4, 0.5) is 0 Å². The number of hydrogen-bond donors (Lipinski definition) is 2. The monoisotopic (exact) mass is 439 g/mol. The van der Waals surface area contributed by atoms with Crippen LogP contribution in [0.3, 0.4) is 0 Å². The molecule has 2 fully saturated rings. The van der Waals surface area contributed by atoms with E-state index < -0.39 is 5.97 Å². The minimum atomic E-state index is -0.686. The van der Waals surface area contributed by atoms with E-state index in [4.69, 9.17) is 5.11 Å². The molecule has 0 saturated carbocycles. The summed E-state index contributed by atoms with van der Waals surface area (Å²) in [4.78, 5) is 30.1. The van der Waals surface area contributed by atoms with Gasteiger partial charge in [0.25, 0.3) is 5.91 Å². The van der Waals surface area contributed by atoms with Crippen LogP contribution in [-0.4, -0.2) is 89.2 Å². The lowest BCUT2D eigenvalue weighted by atomic mass is 9.97. The first-order valence-electron chi connectivity index (χ1n) is 10.6. The average molecular weight is 440 g/mol. The Labute approximate surface area is 185 Å². The van der Waals surface area contributed by atoms with Gasteiger partial charge < -0.3 is 20.0 Å². The Balaban J connectivity index is 0.00000320. The number of rotatable bonds is 7. The normalized spacial score (nSPS) is 19.3. The molecule has 1 aromatic carbocycles. The molecule has 0 aliphatic carbocycles. The molecule has 30 heavy (non-hydrogen) atoms. The minimum absolute atomic E-state index is 0. The Morgan fingerprint density at radius 3 is 2.13 bits per heavy atom. The molecule has 0 radical (unpaired) electrons. The number of halogens is 1. The molecule has 0 aromatic heterocycles. The smallest absolute Gasteiger partial charge is 0.306 e. The second-order valence-electron chi connectivity index (χ2n) is 8.39. The van der Waals surface area contributed by atoms with E-state index in [9.17, 15) is 14.7 Å². The average Bonchev–Trinajstić information content (AvgIpc) is 2.73. The molecule has 7 nitrogen and oxygen atoms in total. The first kappa shape index (κ1) is 24.6. The molecule has 3 rings (SSSR count). The Morgan fingerprint density at radius 2 is 1.57 bits per heavy atom. The molecular formula is C22H34ClN3O4. The molecule has 0 unspecified atom stereocenters. The fraction of sp³-hybridized carbons (Fsp3) is 0.636. The Morgan fingerprint density at radius 1 is 1.00 bits per heavy atom. The predicted octanol–water partition coefficient (Wildman–Crippen LogP) is 1.93. The third kappa shape index (κ3) is 6.94. The minimum Gasteiger partial charge on any atom is -0.481 e. The Kier molecular flexibility index (Phi) is 9.55. The molecule has 0 bridgehead atoms. The first-order valence-corrected chi connectivity index (χ1v) is 10.6. The number of amides is 1. The van der Waals surface area contributed by atoms with Crippen molar-refractivity contribution >= 4 is 24.3 Å². The summed E-state index contributed by atoms with van der Waals surface area (Å²) in [6.07, 6.45) is 2.85. The van der Waals surface area contributed by atoms with Crippen LogP contribution in [0.25, 0.3) is 0 Å². The summed E-state index contributed by atoms with van der Waals surface area (Å²) in [6, 6.07) is 7.76. The van der Waals surface area contributed by atoms with E-state index in [0.29, 0.717) is 24.9 Å². The largest absolute Gasteiger partial charge is 0.481 e. The van der Waals surface area contributed by atoms with Gasteiger partial charge in [-0.05, 0) is 56.5 Å². The van der Waals surface area contributed by atoms with Crippen molar-refractivity contribution in [2.24, 2.45) is 5.92 Å². The highest BCUT2D eigenvalue weighted by atomic mass is 35.5. The summed E-state index contributed by atoms with van der Waals surface area (Å²) in [5.41, 5.74) is 1.83. The number of aliphatic hydroxyl groups is 1. The van der Waals surface area contributed by atoms with Crippen molar-refractivity contribution < 1.29 is 19.8 Å². The SMILES string of the molecule is CN(CCN1CCC(O)CC1)C(=O)c1ccc(CN2CCC(C(=O)O)CC2)cc1.Cl. The number of hydrogen-bond acceptors (Lipinski definition) is 5. The number of piperidine rings is 2. The maximum absolute atomic E-state index is 12.7. The van der Waals surface area contributed by atoms with E-state index in [1.807, 2.05) is 31.3 Å². The molecule has 2 heterocycles. The quantitative estimate of drug-likeness (QED) is 0.675. The molecule has 1 amide bonds. The number of aliphatic carboxylic acids is 1. The van der Waals surface area contributed by atoms with Crippen LogP contribution >= 0.6 is 12.4 Å². The van der Waals surface area contributed by atoms with Crippen LogP contribution in [0.1, 0.15) is 41.6 Å². The summed E-state index contributed by atoms with van der Waals surface area (Å²) in [6.45, 7) is 5.68. The highest BCUT2D eigenvalue weighted by Crippen LogP contribution is 2.19. The van der Waals surface area contributed by atoms with E-state index >= 15 is 0 Å². The van der Waals surface area contributed by atoms with Crippen LogP contribution in [0, 0.1) is 5.92 Å². The van der Waals surface area contributed by atoms with Gasteiger partial charge >= 0.3 is 5.97 Å². The van der Waals surface area contributed by atoms with Crippen molar-refractivity contribution in [1.82, 2.24) is 14.7 Å². The van der Waals surface area contributed by atoms with Crippen LogP contribution in [0.5, 0.6) is 0 Å². The summed E-state index contributed by atoms with van der Waals surface area (Å²) >= 11 is 0. The lowest BCUT2D eigenvalue weighted by Crippen LogP contribution is -2.41. The van der Waals surface area contributed by atoms with Crippen molar-refractivity contribution in [2.75, 3.05) is 46.3 Å². The zero-order valence-electron chi connectivity index (χ0n) is 17.7. The summed E-state index contributed by atoms with van der Waals surface area (Å²) in [5, 5.41) is 18.7. The predicted molar refractivity (Wildman–Crippen MR) is 118 cm³/mol. The van der Waals surface area contributed by atoms with Crippen molar-refractivity contribution in [2.45, 2.75) is 38.3 Å². The molecule has 0 spiro atoms. The Hall–Kier alpha value is -1.67. The number of carboxylic acid groups (broad SMARTS) is 1. The van der Waals surface area contributed by atoms with Gasteiger partial charge in [0.1, 0.15) is 0 Å². The summed E-state index contributed by atoms with van der Waals surface area (Å²) in [7, 11) is 1.83. The van der Waals surface area contributed by atoms with Crippen molar-refractivity contribution in [1.29, 1.82) is 0 Å². The van der Waals surface area contributed by atoms with Gasteiger partial charge in [-0.15, -0.1) is 12.4 Å². The highest BCUT2D eigenvalue weighted by molar-refractivity contribution is 5.94. The molecule has 2 saturated heterocycles. The van der Waals surface area contributed by atoms with Gasteiger partial charge in [0.05, 0.1) is 12.0 Å². The lowest BCUT2D eigenvalue weighted by Gasteiger charge is -2.31. The Bertz CT molecular complexity index is 684. The van der Waals surface area contributed by atoms with E-state index in [0.717, 1.165) is 57.7 Å². The zero-order chi connectivity index (χ0) is 20.8. The molecule has 168 valence electrons. The second kappa shape index (κ2) is 11.6. The van der Waals surface area contributed by atoms with Crippen molar-refractivity contribution in [3.05, 3.63) is 35.4 Å². The molecule has 8 heteroatoms. The molecule has 2 aliphatic heterocycles. The van der Waals surface area contributed by atoms with Crippen LogP contribution in [-0.2, 0) is 11.3 Å². The van der Waals surface area contributed by atoms with Gasteiger partial charge in [0, 0.05) is 45.3 Å². The van der Waals surface area contributed by atoms with Gasteiger partial charge in [0.15, 0.2) is 0 Å². The maximum atomic E-state index is 12.7. The second-order valence-corrected chi connectivity index (χ2v) is 8.39. The van der Waals surface area contributed by atoms with Crippen molar-refractivity contribution in [3.8, 4) is 0 Å². The number of aliphatic hydroxyl groups excluding tert-OH is 1. The number of carboxylic acids is 1. The number of likely N-dealkylation sites (N-methyl/N-ethyl adjacent to an activating group) is 1. The zero-order valence-corrected chi connectivity index (χ0v) is 18.5. The number of likely N-dealkylation sites (tertiary alicyclic amines) is 2. The van der Waals surface area contributed by atoms with Crippen LogP contribution < -0.4 is 0 Å².